The molecule has 19 heavy (non-hydrogen) atoms. The van der Waals surface area contributed by atoms with Crippen molar-refractivity contribution in [3.63, 3.8) is 0 Å². The Hall–Kier alpha value is -1.42. The molecule has 102 valence electrons. The van der Waals surface area contributed by atoms with Crippen molar-refractivity contribution in [2.24, 2.45) is 0 Å². The van der Waals surface area contributed by atoms with Crippen molar-refractivity contribution in [1.29, 1.82) is 0 Å². The van der Waals surface area contributed by atoms with Crippen LogP contribution in [0.2, 0.25) is 0 Å². The number of carbonyl (C=O) groups excluding carboxylic acids is 1. The van der Waals surface area contributed by atoms with Crippen LogP contribution in [0.25, 0.3) is 0 Å². The molecule has 1 aromatic carbocycles. The minimum Gasteiger partial charge on any atom is -0.337 e. The minimum absolute atomic E-state index is 0.203. The Morgan fingerprint density at radius 2 is 1.95 bits per heavy atom. The molecule has 1 amide bonds. The van der Waals surface area contributed by atoms with Crippen molar-refractivity contribution < 1.29 is 9.18 Å². The van der Waals surface area contributed by atoms with Gasteiger partial charge >= 0.3 is 0 Å². The standard InChI is InChI=1S/C15H19FN2O/c1-17(2)13-9-14(19)18-8-7-12(15(13)18)10-3-5-11(16)6-4-10/h3-6,12-13,15H,7-9H2,1-2H3. The van der Waals surface area contributed by atoms with E-state index in [-0.39, 0.29) is 23.8 Å². The van der Waals surface area contributed by atoms with Gasteiger partial charge in [-0.2, -0.15) is 0 Å². The molecule has 0 aliphatic carbocycles. The predicted molar refractivity (Wildman–Crippen MR) is 71.4 cm³/mol. The summed E-state index contributed by atoms with van der Waals surface area (Å²) in [5.41, 5.74) is 1.15. The molecule has 0 bridgehead atoms. The molecule has 0 N–H and O–H groups in total. The molecular formula is C15H19FN2O. The van der Waals surface area contributed by atoms with E-state index >= 15 is 0 Å². The molecule has 0 aromatic heterocycles. The van der Waals surface area contributed by atoms with Gasteiger partial charge in [-0.3, -0.25) is 4.79 Å². The topological polar surface area (TPSA) is 23.6 Å². The number of amides is 1. The first-order valence-corrected chi connectivity index (χ1v) is 6.79. The summed E-state index contributed by atoms with van der Waals surface area (Å²) in [4.78, 5) is 16.2. The third kappa shape index (κ3) is 2.04. The van der Waals surface area contributed by atoms with E-state index in [9.17, 15) is 9.18 Å². The van der Waals surface area contributed by atoms with Gasteiger partial charge < -0.3 is 9.80 Å². The number of carbonyl (C=O) groups is 1. The van der Waals surface area contributed by atoms with Crippen LogP contribution in [0.15, 0.2) is 24.3 Å². The Balaban J connectivity index is 1.91. The van der Waals surface area contributed by atoms with E-state index in [2.05, 4.69) is 4.90 Å². The average molecular weight is 262 g/mol. The van der Waals surface area contributed by atoms with Gasteiger partial charge in [0.05, 0.1) is 6.04 Å². The zero-order valence-corrected chi connectivity index (χ0v) is 11.3. The van der Waals surface area contributed by atoms with E-state index in [4.69, 9.17) is 0 Å². The van der Waals surface area contributed by atoms with Crippen molar-refractivity contribution in [2.45, 2.75) is 30.8 Å². The highest BCUT2D eigenvalue weighted by Crippen LogP contribution is 2.41. The van der Waals surface area contributed by atoms with Crippen LogP contribution in [0.5, 0.6) is 0 Å². The first kappa shape index (κ1) is 12.6. The molecule has 2 saturated heterocycles. The third-order valence-electron chi connectivity index (χ3n) is 4.51. The van der Waals surface area contributed by atoms with Gasteiger partial charge in [0.2, 0.25) is 5.91 Å². The van der Waals surface area contributed by atoms with Crippen molar-refractivity contribution in [1.82, 2.24) is 9.80 Å². The van der Waals surface area contributed by atoms with E-state index in [1.165, 1.54) is 12.1 Å². The highest BCUT2D eigenvalue weighted by molar-refractivity contribution is 5.80. The number of benzene rings is 1. The Labute approximate surface area is 113 Å². The van der Waals surface area contributed by atoms with E-state index in [1.807, 2.05) is 31.1 Å². The van der Waals surface area contributed by atoms with Crippen LogP contribution in [-0.2, 0) is 4.79 Å². The maximum Gasteiger partial charge on any atom is 0.224 e. The molecule has 2 aliphatic heterocycles. The zero-order chi connectivity index (χ0) is 13.6. The molecule has 3 atom stereocenters. The number of likely N-dealkylation sites (N-methyl/N-ethyl adjacent to an activating group) is 1. The van der Waals surface area contributed by atoms with Gasteiger partial charge in [-0.05, 0) is 38.2 Å². The van der Waals surface area contributed by atoms with Crippen molar-refractivity contribution >= 4 is 5.91 Å². The van der Waals surface area contributed by atoms with Crippen LogP contribution in [0.3, 0.4) is 0 Å². The third-order valence-corrected chi connectivity index (χ3v) is 4.51. The van der Waals surface area contributed by atoms with E-state index < -0.39 is 0 Å². The van der Waals surface area contributed by atoms with Gasteiger partial charge in [-0.1, -0.05) is 12.1 Å². The Bertz CT molecular complexity index is 485. The van der Waals surface area contributed by atoms with Crippen molar-refractivity contribution in [3.05, 3.63) is 35.6 Å². The summed E-state index contributed by atoms with van der Waals surface area (Å²) >= 11 is 0. The highest BCUT2D eigenvalue weighted by atomic mass is 19.1. The number of fused-ring (bicyclic) bond motifs is 1. The Morgan fingerprint density at radius 3 is 2.58 bits per heavy atom. The lowest BCUT2D eigenvalue weighted by Crippen LogP contribution is -2.41. The van der Waals surface area contributed by atoms with Crippen LogP contribution >= 0.6 is 0 Å². The molecule has 2 fully saturated rings. The first-order valence-electron chi connectivity index (χ1n) is 6.79. The van der Waals surface area contributed by atoms with Gasteiger partial charge in [-0.15, -0.1) is 0 Å². The molecule has 2 heterocycles. The molecule has 0 radical (unpaired) electrons. The number of nitrogens with zero attached hydrogens (tertiary/aromatic N) is 2. The summed E-state index contributed by atoms with van der Waals surface area (Å²) in [6.45, 7) is 0.829. The lowest BCUT2D eigenvalue weighted by atomic mass is 9.87. The quantitative estimate of drug-likeness (QED) is 0.812. The van der Waals surface area contributed by atoms with Crippen LogP contribution in [-0.4, -0.2) is 48.4 Å². The van der Waals surface area contributed by atoms with Gasteiger partial charge in [0.1, 0.15) is 5.82 Å². The second-order valence-corrected chi connectivity index (χ2v) is 5.76. The lowest BCUT2D eigenvalue weighted by Gasteiger charge is -2.30. The van der Waals surface area contributed by atoms with Crippen molar-refractivity contribution in [2.75, 3.05) is 20.6 Å². The first-order chi connectivity index (χ1) is 9.08. The Morgan fingerprint density at radius 1 is 1.26 bits per heavy atom. The largest absolute Gasteiger partial charge is 0.337 e. The predicted octanol–water partition coefficient (Wildman–Crippen LogP) is 1.84. The fourth-order valence-corrected chi connectivity index (χ4v) is 3.56. The van der Waals surface area contributed by atoms with E-state index in [0.717, 1.165) is 18.5 Å². The molecule has 4 heteroatoms. The van der Waals surface area contributed by atoms with Gasteiger partial charge in [-0.25, -0.2) is 4.39 Å². The lowest BCUT2D eigenvalue weighted by molar-refractivity contribution is -0.127. The zero-order valence-electron chi connectivity index (χ0n) is 11.3. The molecular weight excluding hydrogens is 243 g/mol. The summed E-state index contributed by atoms with van der Waals surface area (Å²) in [5, 5.41) is 0. The van der Waals surface area contributed by atoms with Gasteiger partial charge in [0.25, 0.3) is 0 Å². The monoisotopic (exact) mass is 262 g/mol. The minimum atomic E-state index is -0.203. The van der Waals surface area contributed by atoms with Crippen molar-refractivity contribution in [3.8, 4) is 0 Å². The SMILES string of the molecule is CN(C)C1CC(=O)N2CCC(c3ccc(F)cc3)C12. The van der Waals surface area contributed by atoms with E-state index in [1.54, 1.807) is 0 Å². The molecule has 3 nitrogen and oxygen atoms in total. The summed E-state index contributed by atoms with van der Waals surface area (Å²) < 4.78 is 13.0. The van der Waals surface area contributed by atoms with Crippen LogP contribution in [0, 0.1) is 5.82 Å². The smallest absolute Gasteiger partial charge is 0.224 e. The van der Waals surface area contributed by atoms with Crippen LogP contribution in [0.4, 0.5) is 4.39 Å². The molecule has 0 saturated carbocycles. The average Bonchev–Trinajstić information content (AvgIpc) is 2.92. The fourth-order valence-electron chi connectivity index (χ4n) is 3.56. The molecule has 3 rings (SSSR count). The molecule has 0 spiro atoms. The maximum absolute atomic E-state index is 13.0. The highest BCUT2D eigenvalue weighted by Gasteiger charge is 2.48. The number of halogens is 1. The Kier molecular flexibility index (Phi) is 3.05. The van der Waals surface area contributed by atoms with Gasteiger partial charge in [0, 0.05) is 24.9 Å². The second kappa shape index (κ2) is 4.60. The molecule has 3 unspecified atom stereocenters. The summed E-state index contributed by atoms with van der Waals surface area (Å²) in [7, 11) is 4.06. The summed E-state index contributed by atoms with van der Waals surface area (Å²) in [6, 6.07) is 7.26. The van der Waals surface area contributed by atoms with Crippen LogP contribution < -0.4 is 0 Å². The van der Waals surface area contributed by atoms with E-state index in [0.29, 0.717) is 12.3 Å². The summed E-state index contributed by atoms with van der Waals surface area (Å²) in [5.74, 6) is 0.387. The summed E-state index contributed by atoms with van der Waals surface area (Å²) in [6.07, 6.45) is 1.59. The normalized spacial score (nSPS) is 30.2. The van der Waals surface area contributed by atoms with Crippen LogP contribution in [0.1, 0.15) is 24.3 Å². The number of rotatable bonds is 2. The maximum atomic E-state index is 13.0. The molecule has 1 aromatic rings. The number of hydrogen-bond donors (Lipinski definition) is 0. The number of hydrogen-bond acceptors (Lipinski definition) is 2. The molecule has 2 aliphatic rings. The second-order valence-electron chi connectivity index (χ2n) is 5.76. The fraction of sp³-hybridized carbons (Fsp3) is 0.533. The van der Waals surface area contributed by atoms with Gasteiger partial charge in [0.15, 0.2) is 0 Å².